The number of benzene rings is 2. The fraction of sp³-hybridized carbons (Fsp3) is 0.267. The SMILES string of the molecule is CCN(CC)c1ccc2cc(-c3cnc(-c4cc5ccc(N(CC)CC)cc5oc4=O)cn3)c(=O)oc2c1. The predicted molar refractivity (Wildman–Crippen MR) is 152 cm³/mol. The highest BCUT2D eigenvalue weighted by atomic mass is 16.4. The molecule has 0 aliphatic heterocycles. The molecule has 0 atom stereocenters. The van der Waals surface area contributed by atoms with Crippen LogP contribution in [-0.2, 0) is 0 Å². The van der Waals surface area contributed by atoms with Gasteiger partial charge in [-0.05, 0) is 64.1 Å². The van der Waals surface area contributed by atoms with Crippen LogP contribution in [0.5, 0.6) is 0 Å². The molecule has 0 saturated heterocycles. The van der Waals surface area contributed by atoms with Gasteiger partial charge in [0, 0.05) is 60.5 Å². The summed E-state index contributed by atoms with van der Waals surface area (Å²) in [5.41, 5.74) is 3.40. The first-order valence-electron chi connectivity index (χ1n) is 12.9. The van der Waals surface area contributed by atoms with Gasteiger partial charge < -0.3 is 18.6 Å². The van der Waals surface area contributed by atoms with Crippen LogP contribution in [0.25, 0.3) is 44.5 Å². The summed E-state index contributed by atoms with van der Waals surface area (Å²) in [6.07, 6.45) is 2.95. The molecule has 8 nitrogen and oxygen atoms in total. The number of nitrogens with zero attached hydrogens (tertiary/aromatic N) is 4. The molecule has 5 aromatic rings. The van der Waals surface area contributed by atoms with Crippen LogP contribution < -0.4 is 21.1 Å². The minimum atomic E-state index is -0.495. The van der Waals surface area contributed by atoms with Crippen molar-refractivity contribution in [2.75, 3.05) is 36.0 Å². The summed E-state index contributed by atoms with van der Waals surface area (Å²) in [6.45, 7) is 11.8. The maximum absolute atomic E-state index is 12.8. The summed E-state index contributed by atoms with van der Waals surface area (Å²) < 4.78 is 11.3. The van der Waals surface area contributed by atoms with Gasteiger partial charge in [-0.25, -0.2) is 9.59 Å². The quantitative estimate of drug-likeness (QED) is 0.245. The highest BCUT2D eigenvalue weighted by Gasteiger charge is 2.15. The van der Waals surface area contributed by atoms with Crippen molar-refractivity contribution in [1.29, 1.82) is 0 Å². The van der Waals surface area contributed by atoms with E-state index in [4.69, 9.17) is 8.83 Å². The zero-order chi connectivity index (χ0) is 26.8. The van der Waals surface area contributed by atoms with Gasteiger partial charge in [0.05, 0.1) is 34.9 Å². The van der Waals surface area contributed by atoms with Crippen LogP contribution in [0.3, 0.4) is 0 Å². The van der Waals surface area contributed by atoms with E-state index in [1.54, 1.807) is 12.1 Å². The van der Waals surface area contributed by atoms with Gasteiger partial charge in [0.25, 0.3) is 0 Å². The third-order valence-corrected chi connectivity index (χ3v) is 6.90. The Balaban J connectivity index is 1.48. The Labute approximate surface area is 220 Å². The van der Waals surface area contributed by atoms with Gasteiger partial charge in [-0.3, -0.25) is 9.97 Å². The van der Waals surface area contributed by atoms with Crippen LogP contribution in [0.4, 0.5) is 11.4 Å². The van der Waals surface area contributed by atoms with Crippen molar-refractivity contribution >= 4 is 33.3 Å². The minimum absolute atomic E-state index is 0.307. The maximum Gasteiger partial charge on any atom is 0.345 e. The van der Waals surface area contributed by atoms with E-state index >= 15 is 0 Å². The zero-order valence-electron chi connectivity index (χ0n) is 22.0. The Morgan fingerprint density at radius 1 is 0.605 bits per heavy atom. The summed E-state index contributed by atoms with van der Waals surface area (Å²) in [5.74, 6) is 0. The molecule has 0 unspecified atom stereocenters. The van der Waals surface area contributed by atoms with E-state index < -0.39 is 11.3 Å². The van der Waals surface area contributed by atoms with Crippen LogP contribution >= 0.6 is 0 Å². The van der Waals surface area contributed by atoms with Crippen molar-refractivity contribution in [1.82, 2.24) is 9.97 Å². The molecule has 0 N–H and O–H groups in total. The second-order valence-electron chi connectivity index (χ2n) is 8.97. The Hall–Kier alpha value is -4.46. The minimum Gasteiger partial charge on any atom is -0.422 e. The number of hydrogen-bond donors (Lipinski definition) is 0. The second-order valence-corrected chi connectivity index (χ2v) is 8.97. The van der Waals surface area contributed by atoms with E-state index in [1.807, 2.05) is 36.4 Å². The fourth-order valence-corrected chi connectivity index (χ4v) is 4.73. The van der Waals surface area contributed by atoms with E-state index in [-0.39, 0.29) is 0 Å². The van der Waals surface area contributed by atoms with Gasteiger partial charge in [-0.15, -0.1) is 0 Å². The normalized spacial score (nSPS) is 11.3. The first-order chi connectivity index (χ1) is 18.4. The molecule has 3 heterocycles. The topological polar surface area (TPSA) is 92.7 Å². The molecule has 5 rings (SSSR count). The summed E-state index contributed by atoms with van der Waals surface area (Å²) >= 11 is 0. The van der Waals surface area contributed by atoms with Crippen molar-refractivity contribution in [3.63, 3.8) is 0 Å². The van der Waals surface area contributed by atoms with Gasteiger partial charge in [0.2, 0.25) is 0 Å². The lowest BCUT2D eigenvalue weighted by atomic mass is 10.1. The molecular formula is C30H30N4O4. The number of anilines is 2. The Morgan fingerprint density at radius 3 is 1.34 bits per heavy atom. The van der Waals surface area contributed by atoms with Gasteiger partial charge in [-0.2, -0.15) is 0 Å². The molecule has 3 aromatic heterocycles. The molecule has 8 heteroatoms. The van der Waals surface area contributed by atoms with E-state index in [9.17, 15) is 9.59 Å². The monoisotopic (exact) mass is 510 g/mol. The van der Waals surface area contributed by atoms with Crippen LogP contribution in [0.1, 0.15) is 27.7 Å². The lowest BCUT2D eigenvalue weighted by molar-refractivity contribution is 0.562. The third kappa shape index (κ3) is 4.65. The van der Waals surface area contributed by atoms with Crippen molar-refractivity contribution in [2.24, 2.45) is 0 Å². The number of rotatable bonds is 8. The molecule has 0 radical (unpaired) electrons. The molecule has 0 saturated carbocycles. The zero-order valence-corrected chi connectivity index (χ0v) is 22.0. The van der Waals surface area contributed by atoms with Gasteiger partial charge in [0.15, 0.2) is 0 Å². The molecule has 0 fully saturated rings. The van der Waals surface area contributed by atoms with Crippen LogP contribution in [-0.4, -0.2) is 36.1 Å². The van der Waals surface area contributed by atoms with E-state index in [0.717, 1.165) is 48.3 Å². The third-order valence-electron chi connectivity index (χ3n) is 6.90. The van der Waals surface area contributed by atoms with Gasteiger partial charge in [0.1, 0.15) is 11.2 Å². The molecule has 194 valence electrons. The van der Waals surface area contributed by atoms with Gasteiger partial charge in [-0.1, -0.05) is 0 Å². The van der Waals surface area contributed by atoms with Crippen molar-refractivity contribution in [2.45, 2.75) is 27.7 Å². The Kier molecular flexibility index (Phi) is 6.96. The predicted octanol–water partition coefficient (Wildman–Crippen LogP) is 5.72. The molecule has 0 amide bonds. The smallest absolute Gasteiger partial charge is 0.345 e. The average Bonchev–Trinajstić information content (AvgIpc) is 2.94. The van der Waals surface area contributed by atoms with Crippen molar-refractivity contribution in [3.8, 4) is 22.5 Å². The van der Waals surface area contributed by atoms with E-state index in [0.29, 0.717) is 33.7 Å². The molecule has 0 spiro atoms. The molecular weight excluding hydrogens is 480 g/mol. The molecule has 0 aliphatic carbocycles. The average molecular weight is 511 g/mol. The van der Waals surface area contributed by atoms with E-state index in [1.165, 1.54) is 12.4 Å². The second kappa shape index (κ2) is 10.5. The van der Waals surface area contributed by atoms with Crippen molar-refractivity contribution in [3.05, 3.63) is 81.8 Å². The number of aromatic nitrogens is 2. The Bertz CT molecular complexity index is 1590. The number of hydrogen-bond acceptors (Lipinski definition) is 8. The lowest BCUT2D eigenvalue weighted by Gasteiger charge is -2.21. The summed E-state index contributed by atoms with van der Waals surface area (Å²) in [5, 5.41) is 1.58. The van der Waals surface area contributed by atoms with E-state index in [2.05, 4.69) is 47.5 Å². The summed E-state index contributed by atoms with van der Waals surface area (Å²) in [7, 11) is 0. The number of fused-ring (bicyclic) bond motifs is 2. The van der Waals surface area contributed by atoms with Crippen LogP contribution in [0.15, 0.2) is 79.3 Å². The summed E-state index contributed by atoms with van der Waals surface area (Å²) in [4.78, 5) is 38.9. The van der Waals surface area contributed by atoms with Crippen LogP contribution in [0, 0.1) is 0 Å². The first-order valence-corrected chi connectivity index (χ1v) is 12.9. The first kappa shape index (κ1) is 25.2. The highest BCUT2D eigenvalue weighted by molar-refractivity contribution is 5.85. The fourth-order valence-electron chi connectivity index (χ4n) is 4.73. The maximum atomic E-state index is 12.8. The lowest BCUT2D eigenvalue weighted by Crippen LogP contribution is -2.21. The van der Waals surface area contributed by atoms with Gasteiger partial charge >= 0.3 is 11.3 Å². The summed E-state index contributed by atoms with van der Waals surface area (Å²) in [6, 6.07) is 15.2. The Morgan fingerprint density at radius 2 is 1.00 bits per heavy atom. The molecule has 2 aromatic carbocycles. The molecule has 38 heavy (non-hydrogen) atoms. The van der Waals surface area contributed by atoms with Crippen molar-refractivity contribution < 1.29 is 8.83 Å². The van der Waals surface area contributed by atoms with Crippen LogP contribution in [0.2, 0.25) is 0 Å². The standard InChI is InChI=1S/C30H30N4O4/c1-5-33(6-2)21-11-9-19-13-23(29(35)37-27(19)15-21)25-17-32-26(18-31-25)24-14-20-10-12-22(34(7-3)8-4)16-28(20)38-30(24)36/h9-18H,5-8H2,1-4H3. The largest absolute Gasteiger partial charge is 0.422 e. The molecule has 0 bridgehead atoms. The molecule has 0 aliphatic rings. The highest BCUT2D eigenvalue weighted by Crippen LogP contribution is 2.27.